The van der Waals surface area contributed by atoms with Crippen LogP contribution in [0.3, 0.4) is 0 Å². The third-order valence-corrected chi connectivity index (χ3v) is 4.29. The second-order valence-electron chi connectivity index (χ2n) is 7.20. The first-order chi connectivity index (χ1) is 13.4. The van der Waals surface area contributed by atoms with Crippen LogP contribution >= 0.6 is 0 Å². The van der Waals surface area contributed by atoms with E-state index in [-0.39, 0.29) is 18.4 Å². The number of aromatic nitrogens is 2. The number of nitrogens with one attached hydrogen (secondary N) is 2. The van der Waals surface area contributed by atoms with Gasteiger partial charge in [0.2, 0.25) is 5.91 Å². The summed E-state index contributed by atoms with van der Waals surface area (Å²) in [7, 11) is 0. The van der Waals surface area contributed by atoms with Gasteiger partial charge in [0.1, 0.15) is 5.75 Å². The molecule has 2 N–H and O–H groups in total. The summed E-state index contributed by atoms with van der Waals surface area (Å²) in [5.74, 6) is 0.841. The zero-order chi connectivity index (χ0) is 20.5. The molecule has 0 atom stereocenters. The molecule has 28 heavy (non-hydrogen) atoms. The Morgan fingerprint density at radius 1 is 1.07 bits per heavy atom. The lowest BCUT2D eigenvalue weighted by Gasteiger charge is -2.09. The number of hydrogen-bond donors (Lipinski definition) is 2. The van der Waals surface area contributed by atoms with Gasteiger partial charge in [-0.2, -0.15) is 5.10 Å². The fourth-order valence-corrected chi connectivity index (χ4v) is 2.86. The number of rotatable bonds is 10. The van der Waals surface area contributed by atoms with Crippen molar-refractivity contribution in [2.24, 2.45) is 5.92 Å². The standard InChI is InChI=1S/C21H30N4O3/c1-15(2)13-25-17(4)19(16(3)24-25)12-20(26)22-10-11-23-21(27)14-28-18-8-6-5-7-9-18/h5-9,15H,10-14H2,1-4H3,(H,22,26)(H,23,27). The summed E-state index contributed by atoms with van der Waals surface area (Å²) in [6.45, 7) is 9.72. The van der Waals surface area contributed by atoms with Crippen molar-refractivity contribution in [2.75, 3.05) is 19.7 Å². The summed E-state index contributed by atoms with van der Waals surface area (Å²) >= 11 is 0. The first kappa shape index (κ1) is 21.5. The quantitative estimate of drug-likeness (QED) is 0.612. The summed E-state index contributed by atoms with van der Waals surface area (Å²) in [6, 6.07) is 9.16. The van der Waals surface area contributed by atoms with E-state index in [1.165, 1.54) is 0 Å². The Hall–Kier alpha value is -2.83. The van der Waals surface area contributed by atoms with Crippen LogP contribution in [-0.4, -0.2) is 41.3 Å². The molecule has 0 bridgehead atoms. The van der Waals surface area contributed by atoms with E-state index in [4.69, 9.17) is 4.74 Å². The van der Waals surface area contributed by atoms with Gasteiger partial charge < -0.3 is 15.4 Å². The summed E-state index contributed by atoms with van der Waals surface area (Å²) < 4.78 is 7.34. The van der Waals surface area contributed by atoms with Gasteiger partial charge in [-0.1, -0.05) is 32.0 Å². The van der Waals surface area contributed by atoms with Gasteiger partial charge in [-0.05, 0) is 31.9 Å². The molecule has 7 heteroatoms. The Morgan fingerprint density at radius 2 is 1.71 bits per heavy atom. The number of amides is 2. The highest BCUT2D eigenvalue weighted by molar-refractivity contribution is 5.79. The molecular formula is C21H30N4O3. The Labute approximate surface area is 166 Å². The highest BCUT2D eigenvalue weighted by atomic mass is 16.5. The highest BCUT2D eigenvalue weighted by Gasteiger charge is 2.15. The minimum Gasteiger partial charge on any atom is -0.484 e. The molecule has 0 aliphatic carbocycles. The SMILES string of the molecule is Cc1nn(CC(C)C)c(C)c1CC(=O)NCCNC(=O)COc1ccccc1. The van der Waals surface area contributed by atoms with E-state index in [0.29, 0.717) is 31.2 Å². The van der Waals surface area contributed by atoms with E-state index in [0.717, 1.165) is 23.5 Å². The fourth-order valence-electron chi connectivity index (χ4n) is 2.86. The maximum absolute atomic E-state index is 12.2. The van der Waals surface area contributed by atoms with Gasteiger partial charge in [0.15, 0.2) is 6.61 Å². The van der Waals surface area contributed by atoms with Crippen LogP contribution in [0.5, 0.6) is 5.75 Å². The van der Waals surface area contributed by atoms with E-state index in [1.54, 1.807) is 12.1 Å². The molecule has 7 nitrogen and oxygen atoms in total. The van der Waals surface area contributed by atoms with Gasteiger partial charge in [-0.15, -0.1) is 0 Å². The second-order valence-corrected chi connectivity index (χ2v) is 7.20. The van der Waals surface area contributed by atoms with Crippen molar-refractivity contribution >= 4 is 11.8 Å². The molecule has 0 unspecified atom stereocenters. The predicted molar refractivity (Wildman–Crippen MR) is 108 cm³/mol. The van der Waals surface area contributed by atoms with Crippen LogP contribution in [0.1, 0.15) is 30.8 Å². The Kier molecular flexibility index (Phi) is 8.04. The van der Waals surface area contributed by atoms with Crippen LogP contribution < -0.4 is 15.4 Å². The molecule has 1 heterocycles. The van der Waals surface area contributed by atoms with Crippen LogP contribution in [0.4, 0.5) is 0 Å². The maximum atomic E-state index is 12.2. The molecular weight excluding hydrogens is 356 g/mol. The lowest BCUT2D eigenvalue weighted by atomic mass is 10.1. The van der Waals surface area contributed by atoms with E-state index in [9.17, 15) is 9.59 Å². The van der Waals surface area contributed by atoms with Crippen molar-refractivity contribution < 1.29 is 14.3 Å². The number of ether oxygens (including phenoxy) is 1. The van der Waals surface area contributed by atoms with Gasteiger partial charge >= 0.3 is 0 Å². The number of nitrogens with zero attached hydrogens (tertiary/aromatic N) is 2. The molecule has 2 amide bonds. The molecule has 152 valence electrons. The van der Waals surface area contributed by atoms with Crippen molar-refractivity contribution in [3.05, 3.63) is 47.3 Å². The van der Waals surface area contributed by atoms with Crippen LogP contribution in [0.25, 0.3) is 0 Å². The third kappa shape index (κ3) is 6.72. The van der Waals surface area contributed by atoms with E-state index >= 15 is 0 Å². The predicted octanol–water partition coefficient (Wildman–Crippen LogP) is 2.01. The Balaban J connectivity index is 1.69. The molecule has 1 aromatic carbocycles. The molecule has 0 radical (unpaired) electrons. The van der Waals surface area contributed by atoms with Gasteiger partial charge in [0.25, 0.3) is 5.91 Å². The van der Waals surface area contributed by atoms with Crippen molar-refractivity contribution in [2.45, 2.75) is 40.7 Å². The Bertz CT molecular complexity index is 784. The van der Waals surface area contributed by atoms with E-state index < -0.39 is 0 Å². The first-order valence-corrected chi connectivity index (χ1v) is 9.61. The number of carbonyl (C=O) groups excluding carboxylic acids is 2. The summed E-state index contributed by atoms with van der Waals surface area (Å²) in [4.78, 5) is 24.0. The zero-order valence-electron chi connectivity index (χ0n) is 17.1. The average molecular weight is 386 g/mol. The highest BCUT2D eigenvalue weighted by Crippen LogP contribution is 2.15. The van der Waals surface area contributed by atoms with Crippen molar-refractivity contribution in [1.29, 1.82) is 0 Å². The number of benzene rings is 1. The molecule has 0 aliphatic rings. The summed E-state index contributed by atoms with van der Waals surface area (Å²) in [5.41, 5.74) is 2.89. The van der Waals surface area contributed by atoms with Crippen LogP contribution in [-0.2, 0) is 22.6 Å². The smallest absolute Gasteiger partial charge is 0.258 e. The monoisotopic (exact) mass is 386 g/mol. The second kappa shape index (κ2) is 10.5. The van der Waals surface area contributed by atoms with Crippen LogP contribution in [0.15, 0.2) is 30.3 Å². The Morgan fingerprint density at radius 3 is 2.36 bits per heavy atom. The molecule has 0 spiro atoms. The fraction of sp³-hybridized carbons (Fsp3) is 0.476. The van der Waals surface area contributed by atoms with Gasteiger partial charge in [-0.25, -0.2) is 0 Å². The minimum absolute atomic E-state index is 0.0502. The minimum atomic E-state index is -0.222. The number of hydrogen-bond acceptors (Lipinski definition) is 4. The zero-order valence-corrected chi connectivity index (χ0v) is 17.1. The summed E-state index contributed by atoms with van der Waals surface area (Å²) in [5, 5.41) is 10.1. The van der Waals surface area contributed by atoms with Crippen LogP contribution in [0.2, 0.25) is 0 Å². The molecule has 2 rings (SSSR count). The summed E-state index contributed by atoms with van der Waals surface area (Å²) in [6.07, 6.45) is 0.292. The molecule has 0 fully saturated rings. The van der Waals surface area contributed by atoms with Crippen molar-refractivity contribution in [1.82, 2.24) is 20.4 Å². The molecule has 1 aromatic heterocycles. The normalized spacial score (nSPS) is 10.8. The van der Waals surface area contributed by atoms with Gasteiger partial charge in [0.05, 0.1) is 12.1 Å². The van der Waals surface area contributed by atoms with E-state index in [2.05, 4.69) is 29.6 Å². The molecule has 0 aliphatic heterocycles. The van der Waals surface area contributed by atoms with Gasteiger partial charge in [-0.3, -0.25) is 14.3 Å². The number of para-hydroxylation sites is 1. The van der Waals surface area contributed by atoms with E-state index in [1.807, 2.05) is 36.7 Å². The number of carbonyl (C=O) groups is 2. The average Bonchev–Trinajstić information content (AvgIpc) is 2.91. The number of aryl methyl sites for hydroxylation is 1. The third-order valence-electron chi connectivity index (χ3n) is 4.29. The molecule has 0 saturated carbocycles. The van der Waals surface area contributed by atoms with Crippen molar-refractivity contribution in [3.8, 4) is 5.75 Å². The topological polar surface area (TPSA) is 85.3 Å². The molecule has 2 aromatic rings. The lowest BCUT2D eigenvalue weighted by molar-refractivity contribution is -0.124. The lowest BCUT2D eigenvalue weighted by Crippen LogP contribution is -2.37. The maximum Gasteiger partial charge on any atom is 0.258 e. The molecule has 0 saturated heterocycles. The largest absolute Gasteiger partial charge is 0.484 e. The van der Waals surface area contributed by atoms with Crippen LogP contribution in [0, 0.1) is 19.8 Å². The van der Waals surface area contributed by atoms with Gasteiger partial charge in [0, 0.05) is 30.9 Å². The van der Waals surface area contributed by atoms with Crippen molar-refractivity contribution in [3.63, 3.8) is 0 Å². The first-order valence-electron chi connectivity index (χ1n) is 9.61.